The van der Waals surface area contributed by atoms with Gasteiger partial charge in [-0.1, -0.05) is 78.3 Å². The van der Waals surface area contributed by atoms with Gasteiger partial charge in [-0.2, -0.15) is 5.01 Å². The van der Waals surface area contributed by atoms with Crippen LogP contribution in [0, 0.1) is 11.7 Å². The van der Waals surface area contributed by atoms with E-state index >= 15 is 4.79 Å². The number of allylic oxidation sites excluding steroid dienone is 2. The molecular weight excluding hydrogens is 685 g/mol. The van der Waals surface area contributed by atoms with E-state index in [4.69, 9.17) is 11.6 Å². The van der Waals surface area contributed by atoms with Crippen LogP contribution in [0.5, 0.6) is 5.75 Å². The summed E-state index contributed by atoms with van der Waals surface area (Å²) in [6, 6.07) is 30.6. The number of phenolic OH excluding ortho intramolecular Hbond substituents is 1. The molecule has 1 saturated heterocycles. The largest absolute Gasteiger partial charge is 0.507 e. The third kappa shape index (κ3) is 4.42. The molecule has 1 aromatic heterocycles. The standard InChI is InChI=1S/C40H29ClFN5O5/c41-24-12-10-23(11-13-24)40-32(36(49)46(37(40)50)43-26-16-14-25(42)15-17-26)22-33-31(35(40)30-18-19-34(48)29-9-5-4-8-28(29)30)20-21-44-38(51)45(39(52)47(33)44)27-6-2-1-3-7-27/h1-20,32-33,35,43,48H,21-22H2. The SMILES string of the molecule is O=C1C2CC3C(=CCn4c(=O)n(-c5ccccc5)c(=O)n43)C(c3ccc(O)c4ccccc34)C2(c2ccc(Cl)cc2)C(=O)N1Nc1ccc(F)cc1. The maximum atomic E-state index is 15.4. The Bertz CT molecular complexity index is 2600. The number of carbonyl (C=O) groups is 2. The van der Waals surface area contributed by atoms with Crippen LogP contribution in [0.4, 0.5) is 10.1 Å². The lowest BCUT2D eigenvalue weighted by atomic mass is 9.53. The van der Waals surface area contributed by atoms with Crippen LogP contribution in [-0.4, -0.2) is 35.9 Å². The highest BCUT2D eigenvalue weighted by atomic mass is 35.5. The molecule has 258 valence electrons. The van der Waals surface area contributed by atoms with E-state index in [2.05, 4.69) is 5.43 Å². The van der Waals surface area contributed by atoms with E-state index in [1.54, 1.807) is 78.9 Å². The minimum Gasteiger partial charge on any atom is -0.507 e. The second kappa shape index (κ2) is 11.7. The van der Waals surface area contributed by atoms with Gasteiger partial charge in [-0.3, -0.25) is 15.0 Å². The number of carbonyl (C=O) groups excluding carboxylic acids is 2. The molecule has 9 rings (SSSR count). The molecule has 2 amide bonds. The lowest BCUT2D eigenvalue weighted by Gasteiger charge is -2.49. The number of aromatic nitrogens is 3. The Morgan fingerprint density at radius 2 is 1.48 bits per heavy atom. The first-order valence-corrected chi connectivity index (χ1v) is 17.1. The zero-order valence-electron chi connectivity index (χ0n) is 27.3. The highest BCUT2D eigenvalue weighted by Gasteiger charge is 2.69. The number of amides is 2. The number of hydrogen-bond acceptors (Lipinski definition) is 6. The van der Waals surface area contributed by atoms with Crippen molar-refractivity contribution < 1.29 is 19.1 Å². The fraction of sp³-hybridized carbons (Fsp3) is 0.150. The Hall–Kier alpha value is -6.20. The Balaban J connectivity index is 1.33. The Morgan fingerprint density at radius 3 is 2.21 bits per heavy atom. The first-order valence-electron chi connectivity index (χ1n) is 16.8. The second-order valence-electron chi connectivity index (χ2n) is 13.3. The first kappa shape index (κ1) is 31.8. The van der Waals surface area contributed by atoms with E-state index in [0.29, 0.717) is 43.9 Å². The van der Waals surface area contributed by atoms with Crippen molar-refractivity contribution in [2.24, 2.45) is 5.92 Å². The summed E-state index contributed by atoms with van der Waals surface area (Å²) in [6.07, 6.45) is 1.89. The summed E-state index contributed by atoms with van der Waals surface area (Å²) in [4.78, 5) is 58.5. The third-order valence-electron chi connectivity index (χ3n) is 10.8. The van der Waals surface area contributed by atoms with Crippen LogP contribution in [0.2, 0.25) is 5.02 Å². The Morgan fingerprint density at radius 1 is 0.788 bits per heavy atom. The number of nitrogens with zero attached hydrogens (tertiary/aromatic N) is 4. The van der Waals surface area contributed by atoms with Crippen molar-refractivity contribution in [2.75, 3.05) is 5.43 Å². The van der Waals surface area contributed by atoms with Gasteiger partial charge in [-0.05, 0) is 83.1 Å². The number of anilines is 1. The molecule has 0 spiro atoms. The van der Waals surface area contributed by atoms with Crippen LogP contribution < -0.4 is 16.8 Å². The zero-order valence-corrected chi connectivity index (χ0v) is 28.1. The summed E-state index contributed by atoms with van der Waals surface area (Å²) in [5.74, 6) is -3.46. The van der Waals surface area contributed by atoms with Crippen molar-refractivity contribution in [2.45, 2.75) is 30.3 Å². The number of imide groups is 1. The number of fused-ring (bicyclic) bond motifs is 5. The maximum Gasteiger partial charge on any atom is 0.352 e. The predicted molar refractivity (Wildman–Crippen MR) is 193 cm³/mol. The first-order chi connectivity index (χ1) is 25.2. The van der Waals surface area contributed by atoms with Crippen LogP contribution in [0.3, 0.4) is 0 Å². The second-order valence-corrected chi connectivity index (χ2v) is 13.7. The fourth-order valence-electron chi connectivity index (χ4n) is 8.62. The van der Waals surface area contributed by atoms with Gasteiger partial charge in [0.2, 0.25) is 0 Å². The van der Waals surface area contributed by atoms with Gasteiger partial charge in [-0.25, -0.2) is 27.9 Å². The molecule has 3 heterocycles. The molecule has 1 saturated carbocycles. The number of halogens is 2. The van der Waals surface area contributed by atoms with E-state index in [1.807, 2.05) is 18.2 Å². The van der Waals surface area contributed by atoms with Crippen LogP contribution in [0.25, 0.3) is 16.5 Å². The van der Waals surface area contributed by atoms with E-state index < -0.39 is 52.3 Å². The number of hydrogen-bond donors (Lipinski definition) is 2. The summed E-state index contributed by atoms with van der Waals surface area (Å²) in [7, 11) is 0. The number of para-hydroxylation sites is 1. The molecule has 4 atom stereocenters. The van der Waals surface area contributed by atoms with E-state index in [0.717, 1.165) is 9.58 Å². The van der Waals surface area contributed by atoms with Crippen molar-refractivity contribution in [1.29, 1.82) is 0 Å². The smallest absolute Gasteiger partial charge is 0.352 e. The zero-order chi connectivity index (χ0) is 35.9. The lowest BCUT2D eigenvalue weighted by molar-refractivity contribution is -0.138. The van der Waals surface area contributed by atoms with Gasteiger partial charge in [0.15, 0.2) is 0 Å². The van der Waals surface area contributed by atoms with Gasteiger partial charge in [-0.15, -0.1) is 0 Å². The van der Waals surface area contributed by atoms with E-state index in [-0.39, 0.29) is 18.7 Å². The van der Waals surface area contributed by atoms with Crippen molar-refractivity contribution in [3.8, 4) is 11.4 Å². The summed E-state index contributed by atoms with van der Waals surface area (Å²) >= 11 is 6.39. The molecule has 10 nitrogen and oxygen atoms in total. The van der Waals surface area contributed by atoms with Crippen LogP contribution >= 0.6 is 11.6 Å². The number of aromatic hydroxyl groups is 1. The third-order valence-corrected chi connectivity index (χ3v) is 11.0. The van der Waals surface area contributed by atoms with Gasteiger partial charge < -0.3 is 5.11 Å². The van der Waals surface area contributed by atoms with Crippen molar-refractivity contribution >= 4 is 39.9 Å². The number of phenols is 1. The van der Waals surface area contributed by atoms with Crippen LogP contribution in [0.1, 0.15) is 29.5 Å². The molecule has 52 heavy (non-hydrogen) atoms. The molecule has 2 aliphatic heterocycles. The molecular formula is C40H29ClFN5O5. The average molecular weight is 714 g/mol. The minimum absolute atomic E-state index is 0.00525. The van der Waals surface area contributed by atoms with Gasteiger partial charge in [0.25, 0.3) is 11.8 Å². The van der Waals surface area contributed by atoms with E-state index in [9.17, 15) is 23.9 Å². The van der Waals surface area contributed by atoms with Gasteiger partial charge in [0.1, 0.15) is 11.6 Å². The average Bonchev–Trinajstić information content (AvgIpc) is 3.54. The highest BCUT2D eigenvalue weighted by Crippen LogP contribution is 2.62. The number of benzene rings is 5. The molecule has 4 unspecified atom stereocenters. The summed E-state index contributed by atoms with van der Waals surface area (Å²) < 4.78 is 17.8. The molecule has 2 fully saturated rings. The molecule has 6 aromatic rings. The van der Waals surface area contributed by atoms with Crippen molar-refractivity contribution in [1.82, 2.24) is 18.9 Å². The molecule has 0 radical (unpaired) electrons. The summed E-state index contributed by atoms with van der Waals surface area (Å²) in [5, 5.41) is 13.6. The molecule has 0 bridgehead atoms. The molecule has 1 aliphatic carbocycles. The highest BCUT2D eigenvalue weighted by molar-refractivity contribution is 6.30. The molecule has 2 N–H and O–H groups in total. The van der Waals surface area contributed by atoms with Crippen molar-refractivity contribution in [3.63, 3.8) is 0 Å². The van der Waals surface area contributed by atoms with Crippen LogP contribution in [-0.2, 0) is 21.5 Å². The predicted octanol–water partition coefficient (Wildman–Crippen LogP) is 6.07. The number of hydrazine groups is 1. The molecule has 3 aliphatic rings. The lowest BCUT2D eigenvalue weighted by Crippen LogP contribution is -2.53. The molecule has 12 heteroatoms. The summed E-state index contributed by atoms with van der Waals surface area (Å²) in [5.41, 5.74) is 2.86. The normalized spacial score (nSPS) is 22.2. The molecule has 5 aromatic carbocycles. The number of rotatable bonds is 5. The van der Waals surface area contributed by atoms with Gasteiger partial charge in [0, 0.05) is 16.3 Å². The topological polar surface area (TPSA) is 119 Å². The minimum atomic E-state index is -1.58. The van der Waals surface area contributed by atoms with Crippen LogP contribution in [0.15, 0.2) is 136 Å². The quantitative estimate of drug-likeness (QED) is 0.166. The Kier molecular flexibility index (Phi) is 7.13. The van der Waals surface area contributed by atoms with Crippen molar-refractivity contribution in [3.05, 3.63) is 170 Å². The summed E-state index contributed by atoms with van der Waals surface area (Å²) in [6.45, 7) is 0.0350. The monoisotopic (exact) mass is 713 g/mol. The Labute approximate surface area is 300 Å². The van der Waals surface area contributed by atoms with E-state index in [1.165, 1.54) is 33.6 Å². The number of nitrogens with one attached hydrogen (secondary N) is 1. The maximum absolute atomic E-state index is 15.4. The van der Waals surface area contributed by atoms with Gasteiger partial charge in [0.05, 0.1) is 35.3 Å². The van der Waals surface area contributed by atoms with Gasteiger partial charge >= 0.3 is 11.4 Å². The fourth-order valence-corrected chi connectivity index (χ4v) is 8.74.